The van der Waals surface area contributed by atoms with Gasteiger partial charge in [0.2, 0.25) is 0 Å². The molecule has 57 heavy (non-hydrogen) atoms. The zero-order valence-electron chi connectivity index (χ0n) is 29.0. The van der Waals surface area contributed by atoms with Gasteiger partial charge in [-0.25, -0.2) is 70.2 Å². The van der Waals surface area contributed by atoms with Crippen molar-refractivity contribution in [3.05, 3.63) is 0 Å². The van der Waals surface area contributed by atoms with Gasteiger partial charge >= 0.3 is 0 Å². The maximum Gasteiger partial charge on any atom is 0.165 e. The van der Waals surface area contributed by atoms with E-state index in [0.29, 0.717) is 0 Å². The average Bonchev–Trinajstić information content (AvgIpc) is 3.92. The molecule has 0 aromatic heterocycles. The molecule has 0 radical (unpaired) electrons. The van der Waals surface area contributed by atoms with Gasteiger partial charge in [0.1, 0.15) is 49.4 Å². The predicted octanol–water partition coefficient (Wildman–Crippen LogP) is 1.77. The van der Waals surface area contributed by atoms with Gasteiger partial charge in [-0.05, 0) is 0 Å². The number of nitrogens with one attached hydrogen (secondary N) is 8. The summed E-state index contributed by atoms with van der Waals surface area (Å²) in [5, 5.41) is 21.0. The molecule has 9 fully saturated rings. The molecule has 4 saturated carbocycles. The van der Waals surface area contributed by atoms with Crippen LogP contribution in [0, 0.1) is 47.3 Å². The van der Waals surface area contributed by atoms with Crippen molar-refractivity contribution in [2.75, 3.05) is 0 Å². The van der Waals surface area contributed by atoms with Crippen LogP contribution in [0.1, 0.15) is 0 Å². The molecule has 5 aliphatic heterocycles. The zero-order valence-corrected chi connectivity index (χ0v) is 30.6. The first-order chi connectivity index (χ1) is 26.4. The van der Waals surface area contributed by atoms with Crippen molar-refractivity contribution in [1.29, 1.82) is 0 Å². The molecular formula is C32H40F16N8Ti. The van der Waals surface area contributed by atoms with Crippen LogP contribution in [0.4, 0.5) is 70.2 Å². The number of hydrogen-bond acceptors (Lipinski definition) is 8. The molecule has 25 heteroatoms. The predicted molar refractivity (Wildman–Crippen MR) is 162 cm³/mol. The van der Waals surface area contributed by atoms with E-state index < -0.39 is 195 Å². The van der Waals surface area contributed by atoms with E-state index in [1.54, 1.807) is 0 Å². The summed E-state index contributed by atoms with van der Waals surface area (Å²) in [6, 6.07) is 0. The third-order valence-corrected chi connectivity index (χ3v) is 14.3. The fourth-order valence-corrected chi connectivity index (χ4v) is 11.8. The molecule has 324 valence electrons. The molecule has 8 bridgehead atoms. The quantitative estimate of drug-likeness (QED) is 0.138. The Morgan fingerprint density at radius 2 is 0.246 bits per heavy atom. The fraction of sp³-hybridized carbons (Fsp3) is 1.00. The Bertz CT molecular complexity index is 1170. The SMILES string of the molecule is FC1C(F)C(F)C2C3NC(NC4NC(NC5NC(NC6NC(N3)C3C(F)C(F)C(F)C(F)C63)C3C(F)C(F)C(F)C(F)C53)C3C(F)C(F)C(F)C(F)C43)C2C1F.[Ti]. The van der Waals surface area contributed by atoms with Crippen LogP contribution in [0.2, 0.25) is 0 Å². The summed E-state index contributed by atoms with van der Waals surface area (Å²) in [5.74, 6) is -15.4. The van der Waals surface area contributed by atoms with Gasteiger partial charge in [0, 0.05) is 69.1 Å². The Labute approximate surface area is 329 Å². The Kier molecular flexibility index (Phi) is 11.5. The average molecular weight is 889 g/mol. The number of rotatable bonds is 0. The van der Waals surface area contributed by atoms with Crippen molar-refractivity contribution >= 4 is 0 Å². The van der Waals surface area contributed by atoms with Crippen LogP contribution in [-0.2, 0) is 21.7 Å². The number of halogens is 16. The molecule has 24 unspecified atom stereocenters. The number of fused-ring (bicyclic) bond motifs is 20. The minimum atomic E-state index is -3.07. The summed E-state index contributed by atoms with van der Waals surface area (Å²) in [6.45, 7) is 0. The smallest absolute Gasteiger partial charge is 0.165 e. The Morgan fingerprint density at radius 1 is 0.158 bits per heavy atom. The van der Waals surface area contributed by atoms with Gasteiger partial charge in [-0.3, -0.25) is 42.5 Å². The van der Waals surface area contributed by atoms with Crippen LogP contribution in [0.15, 0.2) is 0 Å². The van der Waals surface area contributed by atoms with Gasteiger partial charge in [0.25, 0.3) is 0 Å². The second-order valence-electron chi connectivity index (χ2n) is 16.9. The number of alkyl halides is 16. The molecule has 8 N–H and O–H groups in total. The van der Waals surface area contributed by atoms with E-state index in [4.69, 9.17) is 0 Å². The van der Waals surface area contributed by atoms with E-state index in [1.807, 2.05) is 0 Å². The normalized spacial score (nSPS) is 64.8. The van der Waals surface area contributed by atoms with E-state index in [1.165, 1.54) is 0 Å². The Hall–Kier alpha value is -0.726. The van der Waals surface area contributed by atoms with Gasteiger partial charge < -0.3 is 0 Å². The summed E-state index contributed by atoms with van der Waals surface area (Å²) < 4.78 is 246. The van der Waals surface area contributed by atoms with Gasteiger partial charge in [-0.15, -0.1) is 0 Å². The van der Waals surface area contributed by atoms with Gasteiger partial charge in [0.05, 0.1) is 49.3 Å². The van der Waals surface area contributed by atoms with Crippen LogP contribution in [0.25, 0.3) is 0 Å². The molecule has 0 spiro atoms. The standard InChI is InChI=1S/C32H40F16N8.Ti/c33-9-1-2(10(34)18(42)17(9)41)26-49-25(1)53-27-3-4(12(36)20(44)19(43)11(3)35)29(50-27)55-31-7-8(16(40)24(48)23(47)15(7)39)32(52-31)56-30-6-5(28(51-30)54-26)13(37)21(45)22(46)14(6)38;/h1-32,49-56H;. The molecule has 24 atom stereocenters. The van der Waals surface area contributed by atoms with E-state index in [0.717, 1.165) is 0 Å². The van der Waals surface area contributed by atoms with Crippen molar-refractivity contribution in [1.82, 2.24) is 42.5 Å². The maximum absolute atomic E-state index is 15.8. The third kappa shape index (κ3) is 6.18. The molecule has 5 heterocycles. The Morgan fingerprint density at radius 3 is 0.333 bits per heavy atom. The van der Waals surface area contributed by atoms with Crippen LogP contribution in [0.3, 0.4) is 0 Å². The largest absolute Gasteiger partial charge is 0.286 e. The second kappa shape index (κ2) is 15.3. The number of hydrogen-bond donors (Lipinski definition) is 8. The van der Waals surface area contributed by atoms with E-state index >= 15 is 35.1 Å². The van der Waals surface area contributed by atoms with E-state index in [9.17, 15) is 35.1 Å². The molecule has 9 rings (SSSR count). The molecule has 0 aromatic carbocycles. The van der Waals surface area contributed by atoms with Crippen LogP contribution >= 0.6 is 0 Å². The van der Waals surface area contributed by atoms with E-state index in [-0.39, 0.29) is 21.7 Å². The first-order valence-corrected chi connectivity index (χ1v) is 18.8. The first-order valence-electron chi connectivity index (χ1n) is 18.8. The summed E-state index contributed by atoms with van der Waals surface area (Å²) >= 11 is 0. The summed E-state index contributed by atoms with van der Waals surface area (Å²) in [5.41, 5.74) is 0. The van der Waals surface area contributed by atoms with E-state index in [2.05, 4.69) is 42.5 Å². The van der Waals surface area contributed by atoms with Gasteiger partial charge in [0.15, 0.2) is 49.4 Å². The van der Waals surface area contributed by atoms with Crippen LogP contribution in [-0.4, -0.2) is 148 Å². The third-order valence-electron chi connectivity index (χ3n) is 14.3. The van der Waals surface area contributed by atoms with Crippen molar-refractivity contribution in [3.63, 3.8) is 0 Å². The molecule has 0 amide bonds. The minimum Gasteiger partial charge on any atom is -0.286 e. The van der Waals surface area contributed by atoms with Crippen molar-refractivity contribution in [2.24, 2.45) is 47.3 Å². The maximum atomic E-state index is 15.8. The topological polar surface area (TPSA) is 96.2 Å². The van der Waals surface area contributed by atoms with Gasteiger partial charge in [-0.1, -0.05) is 0 Å². The Balaban J connectivity index is 0.00000455. The van der Waals surface area contributed by atoms with Gasteiger partial charge in [-0.2, -0.15) is 0 Å². The second-order valence-corrected chi connectivity index (χ2v) is 16.9. The molecular weight excluding hydrogens is 848 g/mol. The first kappa shape index (κ1) is 42.9. The molecule has 5 saturated heterocycles. The molecule has 0 aromatic rings. The monoisotopic (exact) mass is 888 g/mol. The minimum absolute atomic E-state index is 0. The van der Waals surface area contributed by atoms with Crippen LogP contribution < -0.4 is 42.5 Å². The van der Waals surface area contributed by atoms with Crippen molar-refractivity contribution in [2.45, 2.75) is 148 Å². The zero-order chi connectivity index (χ0) is 40.1. The van der Waals surface area contributed by atoms with Crippen LogP contribution in [0.5, 0.6) is 0 Å². The molecule has 9 aliphatic rings. The van der Waals surface area contributed by atoms with Crippen molar-refractivity contribution < 1.29 is 92.0 Å². The summed E-state index contributed by atoms with van der Waals surface area (Å²) in [4.78, 5) is 0. The summed E-state index contributed by atoms with van der Waals surface area (Å²) in [7, 11) is 0. The molecule has 8 nitrogen and oxygen atoms in total. The molecule has 4 aliphatic carbocycles. The fourth-order valence-electron chi connectivity index (χ4n) is 11.8. The van der Waals surface area contributed by atoms with Crippen molar-refractivity contribution in [3.8, 4) is 0 Å². The summed E-state index contributed by atoms with van der Waals surface area (Å²) in [6.07, 6.45) is -61.1.